The molecule has 0 fully saturated rings. The first kappa shape index (κ1) is 17.5. The van der Waals surface area contributed by atoms with Crippen molar-refractivity contribution in [2.45, 2.75) is 39.5 Å². The van der Waals surface area contributed by atoms with Gasteiger partial charge in [-0.15, -0.1) is 0 Å². The van der Waals surface area contributed by atoms with E-state index in [9.17, 15) is 0 Å². The van der Waals surface area contributed by atoms with Gasteiger partial charge in [0.2, 0.25) is 0 Å². The predicted octanol–water partition coefficient (Wildman–Crippen LogP) is 5.61. The Labute approximate surface area is 160 Å². The lowest BCUT2D eigenvalue weighted by Gasteiger charge is -2.15. The number of pyridine rings is 1. The highest BCUT2D eigenvalue weighted by Gasteiger charge is 2.21. The summed E-state index contributed by atoms with van der Waals surface area (Å²) in [4.78, 5) is 4.42. The fourth-order valence-electron chi connectivity index (χ4n) is 3.20. The third-order valence-electron chi connectivity index (χ3n) is 4.90. The van der Waals surface area contributed by atoms with E-state index in [-0.39, 0.29) is 5.41 Å². The summed E-state index contributed by atoms with van der Waals surface area (Å²) in [5.41, 5.74) is 4.18. The molecule has 27 heavy (non-hydrogen) atoms. The molecule has 0 aliphatic heterocycles. The van der Waals surface area contributed by atoms with E-state index in [2.05, 4.69) is 80.5 Å². The lowest BCUT2D eigenvalue weighted by atomic mass is 9.92. The Kier molecular flexibility index (Phi) is 4.34. The van der Waals surface area contributed by atoms with Crippen molar-refractivity contribution in [1.82, 2.24) is 14.8 Å². The maximum Gasteiger partial charge on any atom is 0.134 e. The van der Waals surface area contributed by atoms with Crippen LogP contribution in [0.15, 0.2) is 66.5 Å². The summed E-state index contributed by atoms with van der Waals surface area (Å²) in [5.74, 6) is 1.58. The molecule has 0 radical (unpaired) electrons. The standard InChI is InChI=1S/C23H26N4/c1-16-7-9-18(10-8-16)25-22-15-21(23(2,3)4)26-27(22)19-11-12-20-17(14-19)6-5-13-24-20/h5-7,9-16,25H,8H2,1-4H3. The molecule has 0 spiro atoms. The average Bonchev–Trinajstić information content (AvgIpc) is 3.07. The summed E-state index contributed by atoms with van der Waals surface area (Å²) in [6, 6.07) is 12.5. The fraction of sp³-hybridized carbons (Fsp3) is 0.304. The van der Waals surface area contributed by atoms with E-state index in [4.69, 9.17) is 5.10 Å². The zero-order valence-electron chi connectivity index (χ0n) is 16.4. The summed E-state index contributed by atoms with van der Waals surface area (Å²) in [6.45, 7) is 8.80. The maximum atomic E-state index is 4.92. The Morgan fingerprint density at radius 3 is 2.74 bits per heavy atom. The van der Waals surface area contributed by atoms with Gasteiger partial charge in [0, 0.05) is 28.8 Å². The zero-order chi connectivity index (χ0) is 19.0. The summed E-state index contributed by atoms with van der Waals surface area (Å²) < 4.78 is 2.00. The molecule has 1 unspecified atom stereocenters. The molecule has 1 aliphatic rings. The van der Waals surface area contributed by atoms with Gasteiger partial charge in [-0.25, -0.2) is 4.68 Å². The Bertz CT molecular complexity index is 1030. The summed E-state index contributed by atoms with van der Waals surface area (Å²) in [7, 11) is 0. The minimum absolute atomic E-state index is 0.0224. The zero-order valence-corrected chi connectivity index (χ0v) is 16.4. The van der Waals surface area contributed by atoms with Crippen molar-refractivity contribution in [1.29, 1.82) is 0 Å². The molecule has 0 bridgehead atoms. The van der Waals surface area contributed by atoms with Crippen LogP contribution < -0.4 is 5.32 Å². The molecule has 4 rings (SSSR count). The van der Waals surface area contributed by atoms with Crippen LogP contribution in [0, 0.1) is 5.92 Å². The van der Waals surface area contributed by atoms with Gasteiger partial charge in [0.25, 0.3) is 0 Å². The van der Waals surface area contributed by atoms with Crippen LogP contribution in [0.2, 0.25) is 0 Å². The quantitative estimate of drug-likeness (QED) is 0.662. The van der Waals surface area contributed by atoms with E-state index in [0.29, 0.717) is 5.92 Å². The van der Waals surface area contributed by atoms with Gasteiger partial charge in [0.05, 0.1) is 16.9 Å². The largest absolute Gasteiger partial charge is 0.340 e. The fourth-order valence-corrected chi connectivity index (χ4v) is 3.20. The number of anilines is 1. The van der Waals surface area contributed by atoms with E-state index in [0.717, 1.165) is 40.2 Å². The Morgan fingerprint density at radius 2 is 2.00 bits per heavy atom. The summed E-state index contributed by atoms with van der Waals surface area (Å²) in [5, 5.41) is 9.60. The molecule has 1 atom stereocenters. The van der Waals surface area contributed by atoms with Gasteiger partial charge in [-0.2, -0.15) is 5.10 Å². The van der Waals surface area contributed by atoms with Crippen molar-refractivity contribution in [2.75, 3.05) is 5.32 Å². The molecule has 0 saturated heterocycles. The molecule has 3 aromatic rings. The van der Waals surface area contributed by atoms with Gasteiger partial charge < -0.3 is 5.32 Å². The van der Waals surface area contributed by atoms with E-state index < -0.39 is 0 Å². The van der Waals surface area contributed by atoms with Gasteiger partial charge in [-0.05, 0) is 42.7 Å². The Morgan fingerprint density at radius 1 is 1.15 bits per heavy atom. The Balaban J connectivity index is 1.77. The number of nitrogens with zero attached hydrogens (tertiary/aromatic N) is 3. The summed E-state index contributed by atoms with van der Waals surface area (Å²) >= 11 is 0. The predicted molar refractivity (Wildman–Crippen MR) is 112 cm³/mol. The molecular weight excluding hydrogens is 332 g/mol. The first-order valence-corrected chi connectivity index (χ1v) is 9.51. The molecular formula is C23H26N4. The van der Waals surface area contributed by atoms with Gasteiger partial charge in [0.1, 0.15) is 5.82 Å². The van der Waals surface area contributed by atoms with Crippen LogP contribution in [0.4, 0.5) is 5.82 Å². The van der Waals surface area contributed by atoms with Crippen LogP contribution in [-0.2, 0) is 5.41 Å². The van der Waals surface area contributed by atoms with Crippen molar-refractivity contribution in [3.05, 3.63) is 72.2 Å². The molecule has 2 heterocycles. The third kappa shape index (κ3) is 3.65. The molecule has 2 aromatic heterocycles. The number of rotatable bonds is 3. The molecule has 0 saturated carbocycles. The number of fused-ring (bicyclic) bond motifs is 1. The van der Waals surface area contributed by atoms with Crippen molar-refractivity contribution in [2.24, 2.45) is 5.92 Å². The minimum Gasteiger partial charge on any atom is -0.340 e. The normalized spacial score (nSPS) is 17.2. The topological polar surface area (TPSA) is 42.7 Å². The highest BCUT2D eigenvalue weighted by atomic mass is 15.3. The first-order chi connectivity index (χ1) is 12.9. The van der Waals surface area contributed by atoms with Crippen molar-refractivity contribution in [3.8, 4) is 5.69 Å². The molecule has 4 nitrogen and oxygen atoms in total. The summed E-state index contributed by atoms with van der Waals surface area (Å²) in [6.07, 6.45) is 9.54. The minimum atomic E-state index is -0.0224. The van der Waals surface area contributed by atoms with E-state index in [1.165, 1.54) is 0 Å². The van der Waals surface area contributed by atoms with Crippen LogP contribution in [-0.4, -0.2) is 14.8 Å². The lowest BCUT2D eigenvalue weighted by molar-refractivity contribution is 0.560. The van der Waals surface area contributed by atoms with Gasteiger partial charge >= 0.3 is 0 Å². The number of aromatic nitrogens is 3. The van der Waals surface area contributed by atoms with E-state index in [1.54, 1.807) is 0 Å². The molecule has 0 amide bonds. The van der Waals surface area contributed by atoms with E-state index in [1.807, 2.05) is 23.0 Å². The highest BCUT2D eigenvalue weighted by Crippen LogP contribution is 2.29. The molecule has 1 aliphatic carbocycles. The van der Waals surface area contributed by atoms with Crippen LogP contribution in [0.5, 0.6) is 0 Å². The number of benzene rings is 1. The number of hydrogen-bond donors (Lipinski definition) is 1. The van der Waals surface area contributed by atoms with Gasteiger partial charge in [-0.3, -0.25) is 4.98 Å². The van der Waals surface area contributed by atoms with Crippen LogP contribution >= 0.6 is 0 Å². The van der Waals surface area contributed by atoms with Crippen molar-refractivity contribution >= 4 is 16.7 Å². The van der Waals surface area contributed by atoms with Crippen LogP contribution in [0.1, 0.15) is 39.8 Å². The maximum absolute atomic E-state index is 4.92. The average molecular weight is 358 g/mol. The first-order valence-electron chi connectivity index (χ1n) is 9.51. The molecule has 138 valence electrons. The van der Waals surface area contributed by atoms with Gasteiger partial charge in [0.15, 0.2) is 0 Å². The number of hydrogen-bond acceptors (Lipinski definition) is 3. The van der Waals surface area contributed by atoms with E-state index >= 15 is 0 Å². The Hall–Kier alpha value is -2.88. The van der Waals surface area contributed by atoms with Gasteiger partial charge in [-0.1, -0.05) is 45.9 Å². The SMILES string of the molecule is CC1C=CC(Nc2cc(C(C)(C)C)nn2-c2ccc3ncccc3c2)=CC1. The third-order valence-corrected chi connectivity index (χ3v) is 4.90. The van der Waals surface area contributed by atoms with Crippen LogP contribution in [0.25, 0.3) is 16.6 Å². The highest BCUT2D eigenvalue weighted by molar-refractivity contribution is 5.80. The smallest absolute Gasteiger partial charge is 0.134 e. The second-order valence-corrected chi connectivity index (χ2v) is 8.31. The number of allylic oxidation sites excluding steroid dienone is 3. The monoisotopic (exact) mass is 358 g/mol. The van der Waals surface area contributed by atoms with Crippen molar-refractivity contribution < 1.29 is 0 Å². The van der Waals surface area contributed by atoms with Crippen LogP contribution in [0.3, 0.4) is 0 Å². The second-order valence-electron chi connectivity index (χ2n) is 8.31. The number of nitrogens with one attached hydrogen (secondary N) is 1. The molecule has 1 N–H and O–H groups in total. The lowest BCUT2D eigenvalue weighted by Crippen LogP contribution is -2.12. The second kappa shape index (κ2) is 6.69. The molecule has 4 heteroatoms. The molecule has 1 aromatic carbocycles. The van der Waals surface area contributed by atoms with Crippen molar-refractivity contribution in [3.63, 3.8) is 0 Å².